The summed E-state index contributed by atoms with van der Waals surface area (Å²) < 4.78 is 1.63. The maximum absolute atomic E-state index is 12.2. The number of nitrogens with zero attached hydrogens (tertiary/aromatic N) is 3. The van der Waals surface area contributed by atoms with Crippen molar-refractivity contribution in [3.05, 3.63) is 12.3 Å². The van der Waals surface area contributed by atoms with Crippen molar-refractivity contribution in [2.24, 2.45) is 18.9 Å². The number of carbonyl (C=O) groups is 2. The van der Waals surface area contributed by atoms with E-state index >= 15 is 0 Å². The predicted octanol–water partition coefficient (Wildman–Crippen LogP) is 1.77. The first-order valence-corrected chi connectivity index (χ1v) is 7.23. The van der Waals surface area contributed by atoms with Crippen molar-refractivity contribution < 1.29 is 14.7 Å². The number of aliphatic carboxylic acids is 1. The largest absolute Gasteiger partial charge is 0.481 e. The highest BCUT2D eigenvalue weighted by Gasteiger charge is 2.28. The molecule has 1 aliphatic rings. The number of piperidine rings is 1. The number of carbonyl (C=O) groups excluding carboxylic acids is 1. The molecule has 0 spiro atoms. The van der Waals surface area contributed by atoms with Crippen LogP contribution in [0.2, 0.25) is 0 Å². The molecule has 0 aromatic carbocycles. The van der Waals surface area contributed by atoms with Crippen molar-refractivity contribution in [3.8, 4) is 0 Å². The molecule has 2 N–H and O–H groups in total. The number of carboxylic acid groups (broad SMARTS) is 1. The Morgan fingerprint density at radius 2 is 2.33 bits per heavy atom. The number of rotatable bonds is 4. The predicted molar refractivity (Wildman–Crippen MR) is 77.9 cm³/mol. The Bertz CT molecular complexity index is 514. The summed E-state index contributed by atoms with van der Waals surface area (Å²) >= 11 is 0. The lowest BCUT2D eigenvalue weighted by Crippen LogP contribution is -2.44. The van der Waals surface area contributed by atoms with Crippen molar-refractivity contribution in [3.63, 3.8) is 0 Å². The summed E-state index contributed by atoms with van der Waals surface area (Å²) in [5.41, 5.74) is 0. The van der Waals surface area contributed by atoms with E-state index in [1.54, 1.807) is 28.9 Å². The molecule has 7 nitrogen and oxygen atoms in total. The molecule has 2 unspecified atom stereocenters. The van der Waals surface area contributed by atoms with Gasteiger partial charge in [-0.3, -0.25) is 14.8 Å². The number of hydrogen-bond acceptors (Lipinski definition) is 3. The number of urea groups is 1. The summed E-state index contributed by atoms with van der Waals surface area (Å²) in [5, 5.41) is 15.8. The molecule has 2 heterocycles. The Hall–Kier alpha value is -2.05. The van der Waals surface area contributed by atoms with E-state index in [0.717, 1.165) is 12.8 Å². The standard InChI is InChI=1S/C14H22N4O3/c1-10(8-13(19)20)11-4-3-6-18(9-11)14(21)15-12-5-7-17(2)16-12/h5,7,10-11H,3-4,6,8-9H2,1-2H3,(H,19,20)(H,15,16,21). The molecule has 0 bridgehead atoms. The zero-order valence-electron chi connectivity index (χ0n) is 12.5. The van der Waals surface area contributed by atoms with Crippen LogP contribution in [0.5, 0.6) is 0 Å². The van der Waals surface area contributed by atoms with Gasteiger partial charge in [-0.15, -0.1) is 0 Å². The minimum atomic E-state index is -0.780. The quantitative estimate of drug-likeness (QED) is 0.886. The van der Waals surface area contributed by atoms with Crippen LogP contribution in [0.15, 0.2) is 12.3 Å². The Morgan fingerprint density at radius 1 is 1.57 bits per heavy atom. The van der Waals surface area contributed by atoms with Gasteiger partial charge in [-0.1, -0.05) is 6.92 Å². The van der Waals surface area contributed by atoms with E-state index in [2.05, 4.69) is 10.4 Å². The van der Waals surface area contributed by atoms with E-state index in [0.29, 0.717) is 18.9 Å². The second kappa shape index (κ2) is 6.60. The zero-order valence-corrected chi connectivity index (χ0v) is 12.5. The van der Waals surface area contributed by atoms with Gasteiger partial charge in [0.15, 0.2) is 5.82 Å². The zero-order chi connectivity index (χ0) is 15.4. The minimum absolute atomic E-state index is 0.0768. The van der Waals surface area contributed by atoms with Crippen molar-refractivity contribution in [2.45, 2.75) is 26.2 Å². The van der Waals surface area contributed by atoms with E-state index in [-0.39, 0.29) is 24.3 Å². The summed E-state index contributed by atoms with van der Waals surface area (Å²) in [6.07, 6.45) is 3.80. The van der Waals surface area contributed by atoms with E-state index < -0.39 is 5.97 Å². The number of amides is 2. The van der Waals surface area contributed by atoms with E-state index in [4.69, 9.17) is 5.11 Å². The van der Waals surface area contributed by atoms with Crippen molar-refractivity contribution in [2.75, 3.05) is 18.4 Å². The van der Waals surface area contributed by atoms with Gasteiger partial charge in [0.05, 0.1) is 0 Å². The van der Waals surface area contributed by atoms with Crippen LogP contribution in [0.3, 0.4) is 0 Å². The lowest BCUT2D eigenvalue weighted by Gasteiger charge is -2.35. The molecule has 2 atom stereocenters. The summed E-state index contributed by atoms with van der Waals surface area (Å²) in [7, 11) is 1.79. The molecule has 1 aromatic rings. The van der Waals surface area contributed by atoms with Crippen molar-refractivity contribution in [1.29, 1.82) is 0 Å². The fourth-order valence-electron chi connectivity index (χ4n) is 2.77. The van der Waals surface area contributed by atoms with Gasteiger partial charge in [-0.2, -0.15) is 5.10 Å². The summed E-state index contributed by atoms with van der Waals surface area (Å²) in [6.45, 7) is 3.25. The van der Waals surface area contributed by atoms with E-state index in [1.165, 1.54) is 0 Å². The van der Waals surface area contributed by atoms with Crippen molar-refractivity contribution in [1.82, 2.24) is 14.7 Å². The third kappa shape index (κ3) is 4.21. The Labute approximate surface area is 123 Å². The molecule has 2 amide bonds. The number of aryl methyl sites for hydroxylation is 1. The third-order valence-electron chi connectivity index (χ3n) is 4.00. The molecule has 1 aromatic heterocycles. The Morgan fingerprint density at radius 3 is 2.95 bits per heavy atom. The SMILES string of the molecule is CC(CC(=O)O)C1CCCN(C(=O)Nc2ccn(C)n2)C1. The molecule has 7 heteroatoms. The highest BCUT2D eigenvalue weighted by Crippen LogP contribution is 2.26. The molecule has 21 heavy (non-hydrogen) atoms. The Balaban J connectivity index is 1.90. The average molecular weight is 294 g/mol. The number of aromatic nitrogens is 2. The molecule has 0 radical (unpaired) electrons. The van der Waals surface area contributed by atoms with Crippen LogP contribution < -0.4 is 5.32 Å². The fourth-order valence-corrected chi connectivity index (χ4v) is 2.77. The monoisotopic (exact) mass is 294 g/mol. The number of nitrogens with one attached hydrogen (secondary N) is 1. The number of carboxylic acids is 1. The van der Waals surface area contributed by atoms with Crippen LogP contribution in [-0.2, 0) is 11.8 Å². The average Bonchev–Trinajstić information content (AvgIpc) is 2.83. The summed E-state index contributed by atoms with van der Waals surface area (Å²) in [4.78, 5) is 24.8. The smallest absolute Gasteiger partial charge is 0.323 e. The van der Waals surface area contributed by atoms with E-state index in [9.17, 15) is 9.59 Å². The normalized spacial score (nSPS) is 20.1. The van der Waals surface area contributed by atoms with Gasteiger partial charge in [-0.05, 0) is 24.7 Å². The fraction of sp³-hybridized carbons (Fsp3) is 0.643. The lowest BCUT2D eigenvalue weighted by molar-refractivity contribution is -0.138. The molecular weight excluding hydrogens is 272 g/mol. The molecule has 1 aliphatic heterocycles. The van der Waals surface area contributed by atoms with Crippen LogP contribution in [0, 0.1) is 11.8 Å². The van der Waals surface area contributed by atoms with Gasteiger partial charge >= 0.3 is 12.0 Å². The van der Waals surface area contributed by atoms with Gasteiger partial charge in [0.25, 0.3) is 0 Å². The molecule has 0 aliphatic carbocycles. The molecule has 116 valence electrons. The molecular formula is C14H22N4O3. The summed E-state index contributed by atoms with van der Waals surface area (Å²) in [6, 6.07) is 1.58. The highest BCUT2D eigenvalue weighted by molar-refractivity contribution is 5.88. The van der Waals surface area contributed by atoms with Gasteiger partial charge in [0.1, 0.15) is 0 Å². The molecule has 1 fully saturated rings. The summed E-state index contributed by atoms with van der Waals surface area (Å²) in [5.74, 6) is 0.0676. The van der Waals surface area contributed by atoms with Gasteiger partial charge < -0.3 is 10.0 Å². The molecule has 2 rings (SSSR count). The second-order valence-electron chi connectivity index (χ2n) is 5.73. The number of likely N-dealkylation sites (tertiary alicyclic amines) is 1. The maximum Gasteiger partial charge on any atom is 0.323 e. The van der Waals surface area contributed by atoms with E-state index in [1.807, 2.05) is 6.92 Å². The Kier molecular flexibility index (Phi) is 4.82. The van der Waals surface area contributed by atoms with Gasteiger partial charge in [0, 0.05) is 38.8 Å². The van der Waals surface area contributed by atoms with Gasteiger partial charge in [-0.25, -0.2) is 4.79 Å². The molecule has 1 saturated heterocycles. The lowest BCUT2D eigenvalue weighted by atomic mass is 9.85. The number of anilines is 1. The van der Waals surface area contributed by atoms with Crippen LogP contribution in [0.4, 0.5) is 10.6 Å². The first-order valence-electron chi connectivity index (χ1n) is 7.23. The first kappa shape index (κ1) is 15.3. The highest BCUT2D eigenvalue weighted by atomic mass is 16.4. The van der Waals surface area contributed by atoms with Gasteiger partial charge in [0.2, 0.25) is 0 Å². The van der Waals surface area contributed by atoms with Crippen LogP contribution in [0.25, 0.3) is 0 Å². The molecule has 0 saturated carbocycles. The topological polar surface area (TPSA) is 87.5 Å². The number of hydrogen-bond donors (Lipinski definition) is 2. The third-order valence-corrected chi connectivity index (χ3v) is 4.00. The minimum Gasteiger partial charge on any atom is -0.481 e. The van der Waals surface area contributed by atoms with Crippen LogP contribution in [-0.4, -0.2) is 44.9 Å². The van der Waals surface area contributed by atoms with Crippen LogP contribution in [0.1, 0.15) is 26.2 Å². The first-order chi connectivity index (χ1) is 9.95. The van der Waals surface area contributed by atoms with Crippen molar-refractivity contribution >= 4 is 17.8 Å². The van der Waals surface area contributed by atoms with Crippen LogP contribution >= 0.6 is 0 Å². The maximum atomic E-state index is 12.2. The second-order valence-corrected chi connectivity index (χ2v) is 5.73.